The van der Waals surface area contributed by atoms with Crippen molar-refractivity contribution in [3.05, 3.63) is 66.0 Å². The van der Waals surface area contributed by atoms with Gasteiger partial charge in [0.2, 0.25) is 0 Å². The van der Waals surface area contributed by atoms with Gasteiger partial charge in [-0.3, -0.25) is 4.72 Å². The fourth-order valence-electron chi connectivity index (χ4n) is 2.82. The summed E-state index contributed by atoms with van der Waals surface area (Å²) in [5.41, 5.74) is 3.57. The van der Waals surface area contributed by atoms with Crippen LogP contribution in [-0.2, 0) is 16.4 Å². The van der Waals surface area contributed by atoms with Gasteiger partial charge in [-0.05, 0) is 55.2 Å². The number of fused-ring (bicyclic) bond motifs is 1. The second kappa shape index (κ2) is 6.69. The minimum absolute atomic E-state index is 0.309. The van der Waals surface area contributed by atoms with Gasteiger partial charge < -0.3 is 4.40 Å². The number of sulfonamides is 1. The molecule has 3 aromatic rings. The van der Waals surface area contributed by atoms with E-state index in [0.29, 0.717) is 10.6 Å². The van der Waals surface area contributed by atoms with Gasteiger partial charge in [0.1, 0.15) is 0 Å². The number of hydrogen-bond donors (Lipinski definition) is 1. The van der Waals surface area contributed by atoms with Crippen molar-refractivity contribution in [2.45, 2.75) is 38.0 Å². The number of aromatic nitrogens is 1. The van der Waals surface area contributed by atoms with E-state index in [0.717, 1.165) is 30.3 Å². The highest BCUT2D eigenvalue weighted by atomic mass is 32.2. The van der Waals surface area contributed by atoms with Gasteiger partial charge in [-0.15, -0.1) is 0 Å². The van der Waals surface area contributed by atoms with Crippen LogP contribution in [0.25, 0.3) is 5.52 Å². The number of nitrogens with zero attached hydrogens (tertiary/aromatic N) is 1. The molecule has 0 radical (unpaired) electrons. The maximum absolute atomic E-state index is 12.6. The van der Waals surface area contributed by atoms with E-state index in [1.165, 1.54) is 5.56 Å². The number of aryl methyl sites for hydroxylation is 2. The van der Waals surface area contributed by atoms with Crippen molar-refractivity contribution in [2.24, 2.45) is 0 Å². The molecule has 1 N–H and O–H groups in total. The van der Waals surface area contributed by atoms with E-state index in [1.807, 2.05) is 22.7 Å². The minimum Gasteiger partial charge on any atom is -0.323 e. The summed E-state index contributed by atoms with van der Waals surface area (Å²) in [6.45, 7) is 3.97. The number of anilines is 1. The topological polar surface area (TPSA) is 50.6 Å². The lowest BCUT2D eigenvalue weighted by Gasteiger charge is -2.10. The molecule has 2 heterocycles. The predicted molar refractivity (Wildman–Crippen MR) is 98.0 cm³/mol. The maximum atomic E-state index is 12.6. The largest absolute Gasteiger partial charge is 0.323 e. The van der Waals surface area contributed by atoms with Crippen molar-refractivity contribution in [1.82, 2.24) is 4.40 Å². The molecule has 0 fully saturated rings. The van der Waals surface area contributed by atoms with Gasteiger partial charge >= 0.3 is 0 Å². The monoisotopic (exact) mass is 342 g/mol. The molecule has 1 aromatic carbocycles. The van der Waals surface area contributed by atoms with Gasteiger partial charge in [-0.25, -0.2) is 8.42 Å². The zero-order valence-electron chi connectivity index (χ0n) is 14.0. The summed E-state index contributed by atoms with van der Waals surface area (Å²) in [5.74, 6) is 0. The zero-order valence-corrected chi connectivity index (χ0v) is 14.8. The molecule has 0 saturated heterocycles. The quantitative estimate of drug-likeness (QED) is 0.722. The van der Waals surface area contributed by atoms with E-state index in [2.05, 4.69) is 23.9 Å². The predicted octanol–water partition coefficient (Wildman–Crippen LogP) is 4.39. The number of unbranched alkanes of at least 4 members (excludes halogenated alkanes) is 1. The SMILES string of the molecule is CCCCc1cc2cc(NS(=O)(=O)c3ccccc3C)ccn2c1. The summed E-state index contributed by atoms with van der Waals surface area (Å²) < 4.78 is 29.9. The zero-order chi connectivity index (χ0) is 17.2. The van der Waals surface area contributed by atoms with E-state index in [-0.39, 0.29) is 0 Å². The first-order chi connectivity index (χ1) is 11.5. The smallest absolute Gasteiger partial charge is 0.262 e. The number of benzene rings is 1. The van der Waals surface area contributed by atoms with Crippen LogP contribution in [0, 0.1) is 6.92 Å². The third kappa shape index (κ3) is 3.46. The van der Waals surface area contributed by atoms with Crippen molar-refractivity contribution in [3.63, 3.8) is 0 Å². The Morgan fingerprint density at radius 2 is 1.92 bits per heavy atom. The molecule has 4 nitrogen and oxygen atoms in total. The summed E-state index contributed by atoms with van der Waals surface area (Å²) in [4.78, 5) is 0.309. The fourth-order valence-corrected chi connectivity index (χ4v) is 4.11. The average Bonchev–Trinajstić information content (AvgIpc) is 2.94. The molecule has 0 bridgehead atoms. The van der Waals surface area contributed by atoms with Gasteiger partial charge in [0.15, 0.2) is 0 Å². The second-order valence-electron chi connectivity index (χ2n) is 6.07. The molecule has 0 aliphatic rings. The molecule has 0 amide bonds. The van der Waals surface area contributed by atoms with Crippen molar-refractivity contribution < 1.29 is 8.42 Å². The highest BCUT2D eigenvalue weighted by Gasteiger charge is 2.16. The molecule has 0 atom stereocenters. The molecule has 0 unspecified atom stereocenters. The van der Waals surface area contributed by atoms with Crippen LogP contribution in [0.1, 0.15) is 30.9 Å². The lowest BCUT2D eigenvalue weighted by atomic mass is 10.1. The third-order valence-electron chi connectivity index (χ3n) is 4.11. The molecule has 5 heteroatoms. The molecule has 3 rings (SSSR count). The number of nitrogens with one attached hydrogen (secondary N) is 1. The third-order valence-corrected chi connectivity index (χ3v) is 5.65. The number of pyridine rings is 1. The van der Waals surface area contributed by atoms with Gasteiger partial charge in [0.25, 0.3) is 10.0 Å². The Kier molecular flexibility index (Phi) is 4.62. The van der Waals surface area contributed by atoms with Crippen LogP contribution in [-0.4, -0.2) is 12.8 Å². The van der Waals surface area contributed by atoms with E-state index < -0.39 is 10.0 Å². The molecule has 126 valence electrons. The Bertz CT molecular complexity index is 958. The lowest BCUT2D eigenvalue weighted by molar-refractivity contribution is 0.600. The van der Waals surface area contributed by atoms with Crippen LogP contribution < -0.4 is 4.72 Å². The summed E-state index contributed by atoms with van der Waals surface area (Å²) in [6.07, 6.45) is 7.35. The van der Waals surface area contributed by atoms with Crippen LogP contribution in [0.3, 0.4) is 0 Å². The molecule has 2 aromatic heterocycles. The van der Waals surface area contributed by atoms with E-state index >= 15 is 0 Å². The highest BCUT2D eigenvalue weighted by Crippen LogP contribution is 2.21. The van der Waals surface area contributed by atoms with Crippen molar-refractivity contribution in [3.8, 4) is 0 Å². The number of rotatable bonds is 6. The van der Waals surface area contributed by atoms with Gasteiger partial charge in [-0.1, -0.05) is 31.5 Å². The molecular formula is C19H22N2O2S. The summed E-state index contributed by atoms with van der Waals surface area (Å²) in [5, 5.41) is 0. The van der Waals surface area contributed by atoms with E-state index in [9.17, 15) is 8.42 Å². The molecular weight excluding hydrogens is 320 g/mol. The maximum Gasteiger partial charge on any atom is 0.262 e. The summed E-state index contributed by atoms with van der Waals surface area (Å²) in [6, 6.07) is 12.7. The van der Waals surface area contributed by atoms with Crippen LogP contribution in [0.2, 0.25) is 0 Å². The van der Waals surface area contributed by atoms with E-state index in [1.54, 1.807) is 31.2 Å². The Hall–Kier alpha value is -2.27. The van der Waals surface area contributed by atoms with E-state index in [4.69, 9.17) is 0 Å². The Balaban J connectivity index is 1.88. The Morgan fingerprint density at radius 1 is 1.12 bits per heavy atom. The normalized spacial score (nSPS) is 11.8. The second-order valence-corrected chi connectivity index (χ2v) is 7.72. The van der Waals surface area contributed by atoms with Crippen molar-refractivity contribution >= 4 is 21.2 Å². The van der Waals surface area contributed by atoms with Gasteiger partial charge in [0, 0.05) is 17.9 Å². The first-order valence-electron chi connectivity index (χ1n) is 8.18. The Labute approximate surface area is 143 Å². The highest BCUT2D eigenvalue weighted by molar-refractivity contribution is 7.92. The standard InChI is InChI=1S/C19H22N2O2S/c1-3-4-8-16-12-18-13-17(10-11-21(18)14-16)20-24(22,23)19-9-6-5-7-15(19)2/h5-7,9-14,20H,3-4,8H2,1-2H3. The van der Waals surface area contributed by atoms with Crippen molar-refractivity contribution in [2.75, 3.05) is 4.72 Å². The Morgan fingerprint density at radius 3 is 2.67 bits per heavy atom. The van der Waals surface area contributed by atoms with Crippen molar-refractivity contribution in [1.29, 1.82) is 0 Å². The molecule has 0 aliphatic heterocycles. The first-order valence-corrected chi connectivity index (χ1v) is 9.67. The fraction of sp³-hybridized carbons (Fsp3) is 0.263. The average molecular weight is 342 g/mol. The number of hydrogen-bond acceptors (Lipinski definition) is 2. The molecule has 0 aliphatic carbocycles. The summed E-state index contributed by atoms with van der Waals surface area (Å²) >= 11 is 0. The molecule has 0 saturated carbocycles. The van der Waals surface area contributed by atoms with Crippen LogP contribution in [0.15, 0.2) is 59.8 Å². The van der Waals surface area contributed by atoms with Crippen LogP contribution in [0.5, 0.6) is 0 Å². The van der Waals surface area contributed by atoms with Gasteiger partial charge in [-0.2, -0.15) is 0 Å². The lowest BCUT2D eigenvalue weighted by Crippen LogP contribution is -2.14. The van der Waals surface area contributed by atoms with Crippen LogP contribution in [0.4, 0.5) is 5.69 Å². The summed E-state index contributed by atoms with van der Waals surface area (Å²) in [7, 11) is -3.58. The first kappa shape index (κ1) is 16.6. The molecule has 0 spiro atoms. The molecule has 24 heavy (non-hydrogen) atoms. The van der Waals surface area contributed by atoms with Gasteiger partial charge in [0.05, 0.1) is 10.6 Å². The van der Waals surface area contributed by atoms with Crippen LogP contribution >= 0.6 is 0 Å². The minimum atomic E-state index is -3.58.